The van der Waals surface area contributed by atoms with Crippen molar-refractivity contribution in [3.8, 4) is 0 Å². The lowest BCUT2D eigenvalue weighted by Crippen LogP contribution is -2.36. The summed E-state index contributed by atoms with van der Waals surface area (Å²) in [7, 11) is 0. The number of nitrogens with zero attached hydrogens (tertiary/aromatic N) is 3. The first-order valence-corrected chi connectivity index (χ1v) is 9.74. The normalized spacial score (nSPS) is 21.2. The lowest BCUT2D eigenvalue weighted by atomic mass is 9.73. The molecule has 0 saturated heterocycles. The monoisotopic (exact) mass is 372 g/mol. The third-order valence-corrected chi connectivity index (χ3v) is 5.49. The van der Waals surface area contributed by atoms with E-state index in [9.17, 15) is 9.18 Å². The molecular formula is C19H21FN4OS. The largest absolute Gasteiger partial charge is 0.328 e. The van der Waals surface area contributed by atoms with Gasteiger partial charge >= 0.3 is 0 Å². The van der Waals surface area contributed by atoms with Gasteiger partial charge in [0, 0.05) is 17.7 Å². The van der Waals surface area contributed by atoms with Crippen molar-refractivity contribution in [3.05, 3.63) is 46.9 Å². The van der Waals surface area contributed by atoms with Crippen LogP contribution in [0.2, 0.25) is 0 Å². The Morgan fingerprint density at radius 1 is 1.31 bits per heavy atom. The maximum absolute atomic E-state index is 13.4. The second-order valence-corrected chi connectivity index (χ2v) is 8.74. The van der Waals surface area contributed by atoms with Gasteiger partial charge in [-0.05, 0) is 35.3 Å². The van der Waals surface area contributed by atoms with E-state index in [1.807, 2.05) is 6.92 Å². The van der Waals surface area contributed by atoms with Crippen LogP contribution in [0.1, 0.15) is 45.2 Å². The number of Topliss-reactive ketones (excluding diaryl/α,β-unsaturated/α-hetero) is 1. The quantitative estimate of drug-likeness (QED) is 0.819. The molecule has 0 fully saturated rings. The molecule has 0 unspecified atom stereocenters. The molecule has 0 radical (unpaired) electrons. The Labute approximate surface area is 156 Å². The third kappa shape index (κ3) is 2.94. The van der Waals surface area contributed by atoms with Gasteiger partial charge in [0.1, 0.15) is 11.9 Å². The van der Waals surface area contributed by atoms with Crippen LogP contribution in [-0.2, 0) is 4.79 Å². The van der Waals surface area contributed by atoms with E-state index >= 15 is 0 Å². The summed E-state index contributed by atoms with van der Waals surface area (Å²) in [5.41, 5.74) is 2.38. The van der Waals surface area contributed by atoms with Crippen molar-refractivity contribution in [2.24, 2.45) is 5.41 Å². The van der Waals surface area contributed by atoms with Gasteiger partial charge < -0.3 is 5.32 Å². The molecule has 1 aromatic carbocycles. The number of carbonyl (C=O) groups is 1. The summed E-state index contributed by atoms with van der Waals surface area (Å²) in [6, 6.07) is 5.92. The van der Waals surface area contributed by atoms with Crippen LogP contribution in [0.25, 0.3) is 0 Å². The minimum atomic E-state index is -0.371. The molecule has 0 bridgehead atoms. The summed E-state index contributed by atoms with van der Waals surface area (Å²) in [5, 5.41) is 8.62. The molecule has 1 aromatic heterocycles. The number of anilines is 1. The molecule has 1 aliphatic heterocycles. The number of nitrogens with one attached hydrogen (secondary N) is 1. The van der Waals surface area contributed by atoms with Gasteiger partial charge in [0.2, 0.25) is 11.1 Å². The van der Waals surface area contributed by atoms with Crippen molar-refractivity contribution in [1.82, 2.24) is 14.8 Å². The van der Waals surface area contributed by atoms with Gasteiger partial charge in [-0.25, -0.2) is 9.07 Å². The standard InChI is InChI=1S/C19H21FN4OS/c1-4-26-18-22-17-21-13-9-19(2,3)10-14(25)15(13)16(24(17)23-18)11-5-7-12(20)8-6-11/h5-8,16H,4,9-10H2,1-3H3,(H,21,22,23)/t16-/m1/s1. The van der Waals surface area contributed by atoms with Gasteiger partial charge in [0.05, 0.1) is 0 Å². The van der Waals surface area contributed by atoms with Gasteiger partial charge in [0.25, 0.3) is 0 Å². The van der Waals surface area contributed by atoms with Crippen molar-refractivity contribution in [2.75, 3.05) is 11.1 Å². The lowest BCUT2D eigenvalue weighted by Gasteiger charge is -2.38. The smallest absolute Gasteiger partial charge is 0.227 e. The summed E-state index contributed by atoms with van der Waals surface area (Å²) >= 11 is 1.56. The number of aromatic nitrogens is 3. The number of ketones is 1. The van der Waals surface area contributed by atoms with Gasteiger partial charge in [0.15, 0.2) is 5.78 Å². The van der Waals surface area contributed by atoms with Crippen LogP contribution in [0.5, 0.6) is 0 Å². The lowest BCUT2D eigenvalue weighted by molar-refractivity contribution is -0.118. The van der Waals surface area contributed by atoms with Crippen LogP contribution in [0.3, 0.4) is 0 Å². The molecule has 1 N–H and O–H groups in total. The molecule has 5 nitrogen and oxygen atoms in total. The zero-order chi connectivity index (χ0) is 18.5. The van der Waals surface area contributed by atoms with Gasteiger partial charge in [-0.2, -0.15) is 4.98 Å². The summed E-state index contributed by atoms with van der Waals surface area (Å²) < 4.78 is 15.2. The number of thioether (sulfide) groups is 1. The van der Waals surface area contributed by atoms with E-state index in [0.717, 1.165) is 29.0 Å². The highest BCUT2D eigenvalue weighted by atomic mass is 32.2. The molecule has 0 amide bonds. The fourth-order valence-electron chi connectivity index (χ4n) is 3.73. The summed E-state index contributed by atoms with van der Waals surface area (Å²) in [5.74, 6) is 1.32. The minimum Gasteiger partial charge on any atom is -0.328 e. The number of rotatable bonds is 3. The van der Waals surface area contributed by atoms with E-state index < -0.39 is 0 Å². The second kappa shape index (κ2) is 6.23. The molecule has 1 atom stereocenters. The highest BCUT2D eigenvalue weighted by Crippen LogP contribution is 2.45. The van der Waals surface area contributed by atoms with E-state index in [1.165, 1.54) is 12.1 Å². The van der Waals surface area contributed by atoms with Gasteiger partial charge in [-0.3, -0.25) is 4.79 Å². The van der Waals surface area contributed by atoms with Crippen molar-refractivity contribution >= 4 is 23.5 Å². The van der Waals surface area contributed by atoms with Crippen molar-refractivity contribution < 1.29 is 9.18 Å². The molecule has 2 heterocycles. The fraction of sp³-hybridized carbons (Fsp3) is 0.421. The SMILES string of the molecule is CCSc1nc2n(n1)[C@H](c1ccc(F)cc1)C1=C(CC(C)(C)CC1=O)N2. The average Bonchev–Trinajstić information content (AvgIpc) is 2.95. The maximum Gasteiger partial charge on any atom is 0.227 e. The molecule has 7 heteroatoms. The van der Waals surface area contributed by atoms with Crippen LogP contribution in [0.4, 0.5) is 10.3 Å². The first-order chi connectivity index (χ1) is 12.4. The molecule has 2 aromatic rings. The summed E-state index contributed by atoms with van der Waals surface area (Å²) in [4.78, 5) is 17.6. The Bertz CT molecular complexity index is 901. The topological polar surface area (TPSA) is 59.8 Å². The predicted octanol–water partition coefficient (Wildman–Crippen LogP) is 4.19. The summed E-state index contributed by atoms with van der Waals surface area (Å²) in [6.07, 6.45) is 1.26. The van der Waals surface area contributed by atoms with Crippen LogP contribution in [0, 0.1) is 11.2 Å². The number of hydrogen-bond donors (Lipinski definition) is 1. The van der Waals surface area contributed by atoms with Crippen molar-refractivity contribution in [1.29, 1.82) is 0 Å². The number of fused-ring (bicyclic) bond motifs is 1. The van der Waals surface area contributed by atoms with E-state index in [4.69, 9.17) is 0 Å². The van der Waals surface area contributed by atoms with E-state index in [0.29, 0.717) is 17.5 Å². The Morgan fingerprint density at radius 2 is 2.04 bits per heavy atom. The first-order valence-electron chi connectivity index (χ1n) is 8.76. The number of halogens is 1. The van der Waals surface area contributed by atoms with Crippen LogP contribution >= 0.6 is 11.8 Å². The van der Waals surface area contributed by atoms with E-state index in [1.54, 1.807) is 28.6 Å². The van der Waals surface area contributed by atoms with E-state index in [2.05, 4.69) is 29.2 Å². The number of hydrogen-bond acceptors (Lipinski definition) is 5. The fourth-order valence-corrected chi connectivity index (χ4v) is 4.29. The van der Waals surface area contributed by atoms with Crippen LogP contribution in [-0.4, -0.2) is 26.3 Å². The number of allylic oxidation sites excluding steroid dienone is 2. The third-order valence-electron chi connectivity index (χ3n) is 4.77. The Hall–Kier alpha value is -2.15. The molecular weight excluding hydrogens is 351 g/mol. The van der Waals surface area contributed by atoms with Crippen LogP contribution < -0.4 is 5.32 Å². The highest BCUT2D eigenvalue weighted by Gasteiger charge is 2.41. The Morgan fingerprint density at radius 3 is 2.73 bits per heavy atom. The molecule has 4 rings (SSSR count). The minimum absolute atomic E-state index is 0.0978. The van der Waals surface area contributed by atoms with Crippen LogP contribution in [0.15, 0.2) is 40.7 Å². The first kappa shape index (κ1) is 17.3. The van der Waals surface area contributed by atoms with E-state index in [-0.39, 0.29) is 23.1 Å². The van der Waals surface area contributed by atoms with Crippen molar-refractivity contribution in [3.63, 3.8) is 0 Å². The molecule has 1 aliphatic carbocycles. The Kier molecular flexibility index (Phi) is 4.14. The molecule has 26 heavy (non-hydrogen) atoms. The predicted molar refractivity (Wildman–Crippen MR) is 99.6 cm³/mol. The van der Waals surface area contributed by atoms with Crippen molar-refractivity contribution in [2.45, 2.75) is 44.8 Å². The van der Waals surface area contributed by atoms with Gasteiger partial charge in [-0.15, -0.1) is 5.10 Å². The number of carbonyl (C=O) groups excluding carboxylic acids is 1. The summed E-state index contributed by atoms with van der Waals surface area (Å²) in [6.45, 7) is 6.24. The molecule has 2 aliphatic rings. The van der Waals surface area contributed by atoms with Gasteiger partial charge in [-0.1, -0.05) is 44.7 Å². The number of benzene rings is 1. The second-order valence-electron chi connectivity index (χ2n) is 7.51. The maximum atomic E-state index is 13.4. The molecule has 0 saturated carbocycles. The molecule has 0 spiro atoms. The average molecular weight is 372 g/mol. The Balaban J connectivity index is 1.87. The zero-order valence-corrected chi connectivity index (χ0v) is 15.9. The zero-order valence-electron chi connectivity index (χ0n) is 15.0. The highest BCUT2D eigenvalue weighted by molar-refractivity contribution is 7.99. The molecule has 136 valence electrons.